The van der Waals surface area contributed by atoms with Gasteiger partial charge < -0.3 is 0 Å². The summed E-state index contributed by atoms with van der Waals surface area (Å²) in [4.78, 5) is 5.69. The van der Waals surface area contributed by atoms with Crippen LogP contribution in [-0.2, 0) is 0 Å². The minimum absolute atomic E-state index is 0. The van der Waals surface area contributed by atoms with Crippen LogP contribution in [0.25, 0.3) is 0 Å². The van der Waals surface area contributed by atoms with Crippen LogP contribution < -0.4 is 0 Å². The van der Waals surface area contributed by atoms with Crippen molar-refractivity contribution in [2.24, 2.45) is 0 Å². The summed E-state index contributed by atoms with van der Waals surface area (Å²) in [5.74, 6) is 0. The van der Waals surface area contributed by atoms with Gasteiger partial charge in [0, 0.05) is 27.0 Å². The number of rotatable bonds is 0. The van der Waals surface area contributed by atoms with Gasteiger partial charge in [-0.1, -0.05) is 99.0 Å². The maximum Gasteiger partial charge on any atom is 0.171 e. The fourth-order valence-corrected chi connectivity index (χ4v) is 8.97. The molecule has 4 heteroatoms. The second kappa shape index (κ2) is 9.11. The van der Waals surface area contributed by atoms with Crippen molar-refractivity contribution in [1.29, 1.82) is 0 Å². The van der Waals surface area contributed by atoms with E-state index < -0.39 is 0 Å². The van der Waals surface area contributed by atoms with Crippen LogP contribution >= 0.6 is 47.0 Å². The first kappa shape index (κ1) is 19.8. The average Bonchev–Trinajstić information content (AvgIpc) is 3.09. The second-order valence-corrected chi connectivity index (χ2v) is 10.4. The minimum Gasteiger partial charge on any atom is -0.0842 e. The van der Waals surface area contributed by atoms with Crippen molar-refractivity contribution in [2.45, 2.75) is 50.0 Å². The molecule has 0 fully saturated rings. The fraction of sp³-hybridized carbons (Fsp3) is 0.278. The van der Waals surface area contributed by atoms with Crippen molar-refractivity contribution in [3.8, 4) is 0 Å². The minimum atomic E-state index is 0. The van der Waals surface area contributed by atoms with E-state index in [9.17, 15) is 0 Å². The molecule has 0 bridgehead atoms. The van der Waals surface area contributed by atoms with E-state index in [-0.39, 0.29) is 10.2 Å². The van der Waals surface area contributed by atoms with Gasteiger partial charge in [0.25, 0.3) is 0 Å². The highest BCUT2D eigenvalue weighted by Gasteiger charge is 2.46. The van der Waals surface area contributed by atoms with Crippen molar-refractivity contribution >= 4 is 47.0 Å². The molecule has 2 heterocycles. The van der Waals surface area contributed by atoms with Crippen molar-refractivity contribution < 1.29 is 0 Å². The lowest BCUT2D eigenvalue weighted by atomic mass is 10.4. The van der Waals surface area contributed by atoms with E-state index in [1.807, 2.05) is 74.7 Å². The first-order chi connectivity index (χ1) is 10.3. The van der Waals surface area contributed by atoms with Gasteiger partial charge in [-0.25, -0.2) is 0 Å². The molecule has 0 aliphatic carbocycles. The molecular weight excluding hydrogens is 344 g/mol. The van der Waals surface area contributed by atoms with Crippen LogP contribution in [-0.4, -0.2) is 2.74 Å². The van der Waals surface area contributed by atoms with Gasteiger partial charge >= 0.3 is 0 Å². The Labute approximate surface area is 152 Å². The molecule has 0 aromatic heterocycles. The first-order valence-corrected chi connectivity index (χ1v) is 10.6. The zero-order valence-electron chi connectivity index (χ0n) is 13.8. The number of thioether (sulfide) groups is 4. The van der Waals surface area contributed by atoms with Gasteiger partial charge in [-0.2, -0.15) is 0 Å². The molecule has 1 spiro atoms. The van der Waals surface area contributed by atoms with Crippen LogP contribution in [0.1, 0.15) is 27.7 Å². The predicted octanol–water partition coefficient (Wildman–Crippen LogP) is 7.90. The fourth-order valence-electron chi connectivity index (χ4n) is 1.90. The summed E-state index contributed by atoms with van der Waals surface area (Å²) in [6.45, 7) is 8.00. The van der Waals surface area contributed by atoms with E-state index >= 15 is 0 Å². The number of benzene rings is 2. The molecule has 2 aromatic carbocycles. The predicted molar refractivity (Wildman–Crippen MR) is 108 cm³/mol. The largest absolute Gasteiger partial charge is 0.171 e. The van der Waals surface area contributed by atoms with E-state index in [1.165, 1.54) is 19.6 Å². The molecule has 4 rings (SSSR count). The van der Waals surface area contributed by atoms with Gasteiger partial charge in [0.05, 0.1) is 0 Å². The topological polar surface area (TPSA) is 0 Å². The highest BCUT2D eigenvalue weighted by molar-refractivity contribution is 8.50. The summed E-state index contributed by atoms with van der Waals surface area (Å²) in [5, 5.41) is 0. The van der Waals surface area contributed by atoms with Crippen molar-refractivity contribution in [1.82, 2.24) is 0 Å². The maximum absolute atomic E-state index is 2.23. The van der Waals surface area contributed by atoms with Gasteiger partial charge in [0.15, 0.2) is 2.74 Å². The van der Waals surface area contributed by atoms with Crippen LogP contribution in [0.15, 0.2) is 68.1 Å². The van der Waals surface area contributed by atoms with Gasteiger partial charge in [-0.05, 0) is 24.3 Å². The molecule has 2 aromatic rings. The molecule has 0 saturated carbocycles. The molecule has 0 nitrogen and oxygen atoms in total. The van der Waals surface area contributed by atoms with Gasteiger partial charge in [0.1, 0.15) is 0 Å². The summed E-state index contributed by atoms with van der Waals surface area (Å²) in [6, 6.07) is 17.4. The average molecular weight is 368 g/mol. The Bertz CT molecular complexity index is 488. The third kappa shape index (κ3) is 3.97. The van der Waals surface area contributed by atoms with Crippen molar-refractivity contribution in [2.75, 3.05) is 0 Å². The first-order valence-electron chi connectivity index (χ1n) is 7.29. The van der Waals surface area contributed by atoms with E-state index in [2.05, 4.69) is 48.5 Å². The van der Waals surface area contributed by atoms with Crippen molar-refractivity contribution in [3.63, 3.8) is 0 Å². The quantitative estimate of drug-likeness (QED) is 0.434. The van der Waals surface area contributed by atoms with Crippen LogP contribution in [0.4, 0.5) is 0 Å². The Kier molecular flexibility index (Phi) is 8.19. The normalized spacial score (nSPS) is 15.5. The summed E-state index contributed by atoms with van der Waals surface area (Å²) < 4.78 is 0.174. The lowest BCUT2D eigenvalue weighted by Gasteiger charge is -2.17. The van der Waals surface area contributed by atoms with Crippen LogP contribution in [0.3, 0.4) is 0 Å². The summed E-state index contributed by atoms with van der Waals surface area (Å²) >= 11 is 7.97. The zero-order chi connectivity index (χ0) is 15.3. The smallest absolute Gasteiger partial charge is 0.0842 e. The highest BCUT2D eigenvalue weighted by Crippen LogP contribution is 2.73. The summed E-state index contributed by atoms with van der Waals surface area (Å²) in [5.41, 5.74) is 0. The summed E-state index contributed by atoms with van der Waals surface area (Å²) in [7, 11) is 0. The lowest BCUT2D eigenvalue weighted by molar-refractivity contribution is 1.27. The number of hydrogen-bond acceptors (Lipinski definition) is 4. The summed E-state index contributed by atoms with van der Waals surface area (Å²) in [6.07, 6.45) is 0. The molecule has 2 aliphatic rings. The van der Waals surface area contributed by atoms with Gasteiger partial charge in [0.2, 0.25) is 0 Å². The Hall–Kier alpha value is -0.290. The molecular formula is C18H23S4+. The molecule has 0 N–H and O–H groups in total. The third-order valence-electron chi connectivity index (χ3n) is 2.64. The molecule has 0 unspecified atom stereocenters. The monoisotopic (exact) mass is 367 g/mol. The highest BCUT2D eigenvalue weighted by atomic mass is 32.3. The van der Waals surface area contributed by atoms with E-state index in [1.54, 1.807) is 0 Å². The molecule has 0 atom stereocenters. The standard InChI is InChI=1S/C13H8S4.2C2H6.CH3/c1-2-6-10-9(5-1)14-13(15-10)16-11-7-3-4-8-12(11)17-13;2*1-2;/h1-8H;2*1-2H3;1H3/q;;;+1. The van der Waals surface area contributed by atoms with Crippen LogP contribution in [0.5, 0.6) is 0 Å². The van der Waals surface area contributed by atoms with E-state index in [4.69, 9.17) is 0 Å². The molecule has 22 heavy (non-hydrogen) atoms. The van der Waals surface area contributed by atoms with Crippen LogP contribution in [0.2, 0.25) is 0 Å². The molecule has 0 saturated heterocycles. The Balaban J connectivity index is 0.000000451. The molecule has 0 amide bonds. The SMILES string of the molecule is CC.CC.[CH3+].c1ccc2c(c1)SC1(S2)Sc2ccccc2S1. The Morgan fingerprint density at radius 3 is 1.00 bits per heavy atom. The van der Waals surface area contributed by atoms with Gasteiger partial charge in [-0.15, -0.1) is 0 Å². The Morgan fingerprint density at radius 1 is 0.545 bits per heavy atom. The van der Waals surface area contributed by atoms with E-state index in [0.29, 0.717) is 0 Å². The Morgan fingerprint density at radius 2 is 0.773 bits per heavy atom. The lowest BCUT2D eigenvalue weighted by Crippen LogP contribution is -1.98. The molecule has 0 radical (unpaired) electrons. The van der Waals surface area contributed by atoms with Crippen molar-refractivity contribution in [3.05, 3.63) is 56.0 Å². The van der Waals surface area contributed by atoms with E-state index in [0.717, 1.165) is 0 Å². The second-order valence-electron chi connectivity index (χ2n) is 3.80. The zero-order valence-corrected chi connectivity index (χ0v) is 17.0. The van der Waals surface area contributed by atoms with Crippen LogP contribution in [0, 0.1) is 7.43 Å². The molecule has 118 valence electrons. The van der Waals surface area contributed by atoms with Gasteiger partial charge in [-0.3, -0.25) is 0 Å². The third-order valence-corrected chi connectivity index (χ3v) is 9.20. The number of fused-ring (bicyclic) bond motifs is 2. The molecule has 2 aliphatic heterocycles. The maximum atomic E-state index is 2.23. The number of hydrogen-bond donors (Lipinski definition) is 0.